The van der Waals surface area contributed by atoms with Crippen LogP contribution in [0.5, 0.6) is 17.2 Å². The molecule has 0 fully saturated rings. The van der Waals surface area contributed by atoms with Crippen molar-refractivity contribution < 1.29 is 72.1 Å². The van der Waals surface area contributed by atoms with E-state index in [1.807, 2.05) is 127 Å². The number of halogens is 1. The second kappa shape index (κ2) is 55.9. The van der Waals surface area contributed by atoms with E-state index < -0.39 is 11.9 Å². The van der Waals surface area contributed by atoms with Crippen molar-refractivity contribution in [3.8, 4) is 17.2 Å². The molecule has 0 aromatic heterocycles. The van der Waals surface area contributed by atoms with Gasteiger partial charge in [0.25, 0.3) is 0 Å². The third-order valence-corrected chi connectivity index (χ3v) is 19.2. The van der Waals surface area contributed by atoms with E-state index >= 15 is 0 Å². The summed E-state index contributed by atoms with van der Waals surface area (Å²) in [5.41, 5.74) is 12.1. The molecule has 0 bridgehead atoms. The molecular weight excluding hydrogens is 1490 g/mol. The summed E-state index contributed by atoms with van der Waals surface area (Å²) in [5, 5.41) is 22.5. The summed E-state index contributed by atoms with van der Waals surface area (Å²) < 4.78 is 37.1. The van der Waals surface area contributed by atoms with Crippen LogP contribution in [-0.2, 0) is 91.5 Å². The van der Waals surface area contributed by atoms with Crippen LogP contribution >= 0.6 is 15.9 Å². The van der Waals surface area contributed by atoms with E-state index in [-0.39, 0.29) is 35.9 Å². The summed E-state index contributed by atoms with van der Waals surface area (Å²) in [6, 6.07) is 77.7. The number of aromatic carboxylic acids is 1. The number of carbonyl (C=O) groups is 6. The number of esters is 4. The van der Waals surface area contributed by atoms with Gasteiger partial charge in [0.05, 0.1) is 65.0 Å². The van der Waals surface area contributed by atoms with Crippen molar-refractivity contribution in [1.29, 1.82) is 0 Å². The Morgan fingerprint density at radius 1 is 0.336 bits per heavy atom. The van der Waals surface area contributed by atoms with Crippen LogP contribution in [0.25, 0.3) is 0 Å². The number of unbranched alkanes of at least 4 members (excludes halogenated alkanes) is 6. The molecule has 0 heterocycles. The molecule has 0 atom stereocenters. The summed E-state index contributed by atoms with van der Waals surface area (Å²) >= 11 is 3.32. The number of nitrogens with one attached hydrogen (secondary N) is 1. The van der Waals surface area contributed by atoms with E-state index in [1.165, 1.54) is 56.3 Å². The SMILES string of the molecule is COC(=O)CCCCCBr.COC(=O)CCCCCN(CCc1ccccc1OCCc1ccccc1)Cc1ccc(C(=O)OC)cc1.COC(=O)c1ccc(CNCCc2ccccc2OCCc2ccccc2)cc1.O=C(O)CCCCCN(CCc1ccccc1OCCc1ccccc1)Cc1ccc(C(=O)O)cc1. The fourth-order valence-corrected chi connectivity index (χ4v) is 12.6. The zero-order valence-electron chi connectivity index (χ0n) is 66.2. The molecule has 0 saturated heterocycles. The third kappa shape index (κ3) is 38.6. The van der Waals surface area contributed by atoms with Crippen molar-refractivity contribution in [2.45, 2.75) is 135 Å². The number of alkyl halides is 1. The van der Waals surface area contributed by atoms with Gasteiger partial charge in [-0.15, -0.1) is 0 Å². The largest absolute Gasteiger partial charge is 0.493 e. The Labute approximate surface area is 677 Å². The van der Waals surface area contributed by atoms with Gasteiger partial charge in [-0.2, -0.15) is 0 Å². The highest BCUT2D eigenvalue weighted by Gasteiger charge is 2.15. The minimum atomic E-state index is -0.930. The van der Waals surface area contributed by atoms with Crippen molar-refractivity contribution in [1.82, 2.24) is 15.1 Å². The van der Waals surface area contributed by atoms with Crippen LogP contribution in [0.2, 0.25) is 0 Å². The molecule has 18 nitrogen and oxygen atoms in total. The standard InChI is InChI=1S/C32H39NO5.C30H35NO5.C25H27NO3.C7H13BrO2/c1-36-31(34)15-7-4-10-22-33(25-27-16-18-29(19-17-27)32(35)37-2)23-20-28-13-8-9-14-30(28)38-24-21-26-11-5-3-6-12-26;32-29(33)13-5-2-8-20-31(23-25-14-16-27(17-15-25)30(34)35)21-18-26-11-6-7-12-28(26)36-22-19-24-9-3-1-4-10-24;1-28-25(27)23-13-11-21(12-14-23)19-26-17-15-22-9-5-6-10-24(22)29-18-16-20-7-3-2-4-8-20;1-10-7(9)5-3-2-4-6-8/h3,5-6,8-9,11-14,16-19H,4,7,10,15,20-25H2,1-2H3;1,3-4,6-7,9-12,14-17H,2,5,8,13,18-23H2,(H,32,33)(H,34,35);2-14,26H,15-19H2,1H3;2-6H2,1H3. The number of aliphatic carboxylic acids is 1. The normalized spacial score (nSPS) is 10.6. The smallest absolute Gasteiger partial charge is 0.337 e. The lowest BCUT2D eigenvalue weighted by Crippen LogP contribution is -2.27. The van der Waals surface area contributed by atoms with Crippen LogP contribution in [0.3, 0.4) is 0 Å². The molecule has 3 N–H and O–H groups in total. The first-order valence-corrected chi connectivity index (χ1v) is 40.3. The molecule has 0 aliphatic rings. The van der Waals surface area contributed by atoms with Crippen LogP contribution in [-0.4, -0.2) is 142 Å². The molecule has 0 amide bonds. The van der Waals surface area contributed by atoms with Gasteiger partial charge in [0.1, 0.15) is 17.2 Å². The van der Waals surface area contributed by atoms with Crippen LogP contribution in [0.4, 0.5) is 0 Å². The highest BCUT2D eigenvalue weighted by molar-refractivity contribution is 9.09. The Bertz CT molecular complexity index is 4130. The number of benzene rings is 9. The summed E-state index contributed by atoms with van der Waals surface area (Å²) in [6.45, 7) is 8.44. The number of hydrogen-bond acceptors (Lipinski definition) is 16. The van der Waals surface area contributed by atoms with Gasteiger partial charge >= 0.3 is 35.8 Å². The Kier molecular flexibility index (Phi) is 45.2. The summed E-state index contributed by atoms with van der Waals surface area (Å²) in [7, 11) is 5.63. The zero-order chi connectivity index (χ0) is 80.7. The Morgan fingerprint density at radius 2 is 0.681 bits per heavy atom. The first-order valence-electron chi connectivity index (χ1n) is 39.1. The predicted molar refractivity (Wildman–Crippen MR) is 449 cm³/mol. The van der Waals surface area contributed by atoms with Gasteiger partial charge in [-0.1, -0.05) is 217 Å². The number of para-hydroxylation sites is 3. The van der Waals surface area contributed by atoms with E-state index in [1.54, 1.807) is 24.3 Å². The molecule has 9 aromatic carbocycles. The molecule has 0 radical (unpaired) electrons. The quantitative estimate of drug-likeness (QED) is 0.0139. The Balaban J connectivity index is 0.000000250. The van der Waals surface area contributed by atoms with Crippen LogP contribution in [0.1, 0.15) is 158 Å². The van der Waals surface area contributed by atoms with Gasteiger partial charge in [0.2, 0.25) is 0 Å². The minimum Gasteiger partial charge on any atom is -0.493 e. The van der Waals surface area contributed by atoms with Crippen LogP contribution in [0.15, 0.2) is 237 Å². The van der Waals surface area contributed by atoms with Gasteiger partial charge < -0.3 is 48.7 Å². The van der Waals surface area contributed by atoms with Crippen LogP contribution < -0.4 is 19.5 Å². The fraction of sp³-hybridized carbons (Fsp3) is 0.362. The zero-order valence-corrected chi connectivity index (χ0v) is 67.8. The number of methoxy groups -OCH3 is 4. The molecule has 19 heteroatoms. The lowest BCUT2D eigenvalue weighted by atomic mass is 10.1. The van der Waals surface area contributed by atoms with E-state index in [4.69, 9.17) is 38.6 Å². The maximum atomic E-state index is 11.8. The number of carboxylic acids is 2. The Morgan fingerprint density at radius 3 is 1.04 bits per heavy atom. The molecule has 9 aromatic rings. The number of carbonyl (C=O) groups excluding carboxylic acids is 4. The third-order valence-electron chi connectivity index (χ3n) is 18.6. The number of ether oxygens (including phenoxy) is 7. The van der Waals surface area contributed by atoms with E-state index in [9.17, 15) is 28.8 Å². The highest BCUT2D eigenvalue weighted by Crippen LogP contribution is 2.24. The fourth-order valence-electron chi connectivity index (χ4n) is 12.2. The molecule has 0 unspecified atom stereocenters. The number of carboxylic acid groups (broad SMARTS) is 2. The molecule has 602 valence electrons. The molecule has 0 aliphatic heterocycles. The van der Waals surface area contributed by atoms with Gasteiger partial charge in [-0.25, -0.2) is 14.4 Å². The lowest BCUT2D eigenvalue weighted by Gasteiger charge is -2.23. The van der Waals surface area contributed by atoms with E-state index in [2.05, 4.69) is 121 Å². The van der Waals surface area contributed by atoms with Crippen molar-refractivity contribution >= 4 is 51.7 Å². The predicted octanol–water partition coefficient (Wildman–Crippen LogP) is 18.1. The first kappa shape index (κ1) is 91.4. The maximum Gasteiger partial charge on any atom is 0.337 e. The average molecular weight is 1610 g/mol. The summed E-state index contributed by atoms with van der Waals surface area (Å²) in [5.74, 6) is 0.203. The van der Waals surface area contributed by atoms with Gasteiger partial charge in [0, 0.05) is 76.6 Å². The number of rotatable bonds is 47. The summed E-state index contributed by atoms with van der Waals surface area (Å²) in [4.78, 5) is 72.0. The van der Waals surface area contributed by atoms with Crippen molar-refractivity contribution in [3.05, 3.63) is 303 Å². The van der Waals surface area contributed by atoms with Crippen molar-refractivity contribution in [2.75, 3.05) is 86.3 Å². The summed E-state index contributed by atoms with van der Waals surface area (Å²) in [6.07, 6.45) is 14.8. The molecule has 113 heavy (non-hydrogen) atoms. The lowest BCUT2D eigenvalue weighted by molar-refractivity contribution is -0.141. The highest BCUT2D eigenvalue weighted by atomic mass is 79.9. The van der Waals surface area contributed by atoms with Gasteiger partial charge in [0.15, 0.2) is 0 Å². The average Bonchev–Trinajstić information content (AvgIpc) is 0.879. The Hall–Kier alpha value is -10.4. The molecular formula is C94H114BrN3O15. The van der Waals surface area contributed by atoms with E-state index in [0.29, 0.717) is 56.8 Å². The number of hydrogen-bond donors (Lipinski definition) is 3. The number of nitrogens with zero attached hydrogens (tertiary/aromatic N) is 2. The van der Waals surface area contributed by atoms with Crippen molar-refractivity contribution in [3.63, 3.8) is 0 Å². The van der Waals surface area contributed by atoms with Crippen molar-refractivity contribution in [2.24, 2.45) is 0 Å². The molecule has 0 spiro atoms. The topological polar surface area (TPSA) is 226 Å². The second-order valence-corrected chi connectivity index (χ2v) is 27.9. The van der Waals surface area contributed by atoms with Gasteiger partial charge in [-0.05, 0) is 182 Å². The van der Waals surface area contributed by atoms with E-state index in [0.717, 1.165) is 181 Å². The molecule has 0 aliphatic carbocycles. The minimum absolute atomic E-state index is 0.102. The monoisotopic (exact) mass is 1600 g/mol. The first-order chi connectivity index (χ1) is 55.2. The maximum absolute atomic E-state index is 11.8. The van der Waals surface area contributed by atoms with Crippen LogP contribution in [0, 0.1) is 0 Å². The second-order valence-electron chi connectivity index (χ2n) is 27.1. The van der Waals surface area contributed by atoms with Gasteiger partial charge in [-0.3, -0.25) is 24.2 Å². The molecule has 0 saturated carbocycles. The molecule has 9 rings (SSSR count).